The van der Waals surface area contributed by atoms with E-state index in [-0.39, 0.29) is 11.8 Å². The number of rotatable bonds is 1. The summed E-state index contributed by atoms with van der Waals surface area (Å²) in [5, 5.41) is 10.2. The topological polar surface area (TPSA) is 49.8 Å². The first-order valence-electron chi connectivity index (χ1n) is 5.52. The molecule has 1 unspecified atom stereocenters. The average Bonchev–Trinajstić information content (AvgIpc) is 2.84. The molecule has 2 aliphatic rings. The highest BCUT2D eigenvalue weighted by atomic mass is 31.2. The highest BCUT2D eigenvalue weighted by molar-refractivity contribution is 7.65. The SMILES string of the molecule is O=P1(c2ccccc2O)OC[C@@H]2CCCN21. The maximum atomic E-state index is 12.8. The van der Waals surface area contributed by atoms with E-state index in [2.05, 4.69) is 0 Å². The molecule has 1 aromatic carbocycles. The van der Waals surface area contributed by atoms with Crippen molar-refractivity contribution < 1.29 is 14.2 Å². The van der Waals surface area contributed by atoms with Crippen LogP contribution in [0.2, 0.25) is 0 Å². The highest BCUT2D eigenvalue weighted by Crippen LogP contribution is 2.59. The van der Waals surface area contributed by atoms with Gasteiger partial charge in [-0.1, -0.05) is 12.1 Å². The zero-order valence-electron chi connectivity index (χ0n) is 8.87. The van der Waals surface area contributed by atoms with Gasteiger partial charge < -0.3 is 9.63 Å². The summed E-state index contributed by atoms with van der Waals surface area (Å²) in [6.45, 7) is 1.32. The molecule has 86 valence electrons. The molecule has 0 radical (unpaired) electrons. The first kappa shape index (κ1) is 10.3. The molecular weight excluding hydrogens is 225 g/mol. The summed E-state index contributed by atoms with van der Waals surface area (Å²) < 4.78 is 20.2. The highest BCUT2D eigenvalue weighted by Gasteiger charge is 2.48. The normalized spacial score (nSPS) is 34.1. The number of hydrogen-bond donors (Lipinski definition) is 1. The van der Waals surface area contributed by atoms with Gasteiger partial charge in [-0.2, -0.15) is 0 Å². The Labute approximate surface area is 94.3 Å². The number of aromatic hydroxyl groups is 1. The molecule has 2 saturated heterocycles. The predicted molar refractivity (Wildman–Crippen MR) is 61.0 cm³/mol. The van der Waals surface area contributed by atoms with Crippen LogP contribution in [0.3, 0.4) is 0 Å². The molecule has 2 aliphatic heterocycles. The first-order chi connectivity index (χ1) is 7.72. The van der Waals surface area contributed by atoms with E-state index in [0.717, 1.165) is 19.4 Å². The van der Waals surface area contributed by atoms with Gasteiger partial charge in [0.25, 0.3) is 0 Å². The number of hydrogen-bond acceptors (Lipinski definition) is 3. The monoisotopic (exact) mass is 239 g/mol. The van der Waals surface area contributed by atoms with Crippen molar-refractivity contribution in [3.63, 3.8) is 0 Å². The van der Waals surface area contributed by atoms with Crippen LogP contribution in [0.25, 0.3) is 0 Å². The van der Waals surface area contributed by atoms with Crippen LogP contribution in [-0.4, -0.2) is 29.0 Å². The fourth-order valence-electron chi connectivity index (χ4n) is 2.51. The van der Waals surface area contributed by atoms with Crippen LogP contribution in [0.15, 0.2) is 24.3 Å². The van der Waals surface area contributed by atoms with Crippen LogP contribution >= 0.6 is 7.52 Å². The molecule has 0 aliphatic carbocycles. The summed E-state index contributed by atoms with van der Waals surface area (Å²) in [5.74, 6) is 0.0679. The van der Waals surface area contributed by atoms with E-state index in [9.17, 15) is 9.67 Å². The van der Waals surface area contributed by atoms with Crippen molar-refractivity contribution >= 4 is 12.8 Å². The Bertz CT molecular complexity index is 462. The lowest BCUT2D eigenvalue weighted by molar-refractivity contribution is 0.330. The van der Waals surface area contributed by atoms with E-state index in [0.29, 0.717) is 11.9 Å². The minimum Gasteiger partial charge on any atom is -0.507 e. The van der Waals surface area contributed by atoms with Crippen molar-refractivity contribution in [3.8, 4) is 5.75 Å². The summed E-state index contributed by atoms with van der Waals surface area (Å²) in [7, 11) is -2.98. The van der Waals surface area contributed by atoms with Crippen molar-refractivity contribution in [1.29, 1.82) is 0 Å². The second-order valence-corrected chi connectivity index (χ2v) is 6.56. The van der Waals surface area contributed by atoms with Gasteiger partial charge in [-0.15, -0.1) is 0 Å². The lowest BCUT2D eigenvalue weighted by Crippen LogP contribution is -2.24. The maximum Gasteiger partial charge on any atom is 0.306 e. The minimum atomic E-state index is -2.98. The van der Waals surface area contributed by atoms with Crippen LogP contribution < -0.4 is 5.30 Å². The molecule has 1 aromatic rings. The zero-order valence-corrected chi connectivity index (χ0v) is 9.77. The van der Waals surface area contributed by atoms with Crippen LogP contribution in [0, 0.1) is 0 Å². The fourth-order valence-corrected chi connectivity index (χ4v) is 5.10. The minimum absolute atomic E-state index is 0.0679. The van der Waals surface area contributed by atoms with Gasteiger partial charge in [-0.3, -0.25) is 4.57 Å². The number of benzene rings is 1. The quantitative estimate of drug-likeness (QED) is 0.758. The Kier molecular flexibility index (Phi) is 2.32. The lowest BCUT2D eigenvalue weighted by atomic mass is 10.2. The number of nitrogens with zero attached hydrogens (tertiary/aromatic N) is 1. The van der Waals surface area contributed by atoms with Crippen LogP contribution in [-0.2, 0) is 9.09 Å². The average molecular weight is 239 g/mol. The van der Waals surface area contributed by atoms with Crippen molar-refractivity contribution in [2.45, 2.75) is 18.9 Å². The van der Waals surface area contributed by atoms with Gasteiger partial charge in [0.2, 0.25) is 0 Å². The molecule has 0 spiro atoms. The summed E-state index contributed by atoms with van der Waals surface area (Å²) in [6.07, 6.45) is 2.10. The van der Waals surface area contributed by atoms with Crippen molar-refractivity contribution in [3.05, 3.63) is 24.3 Å². The molecule has 16 heavy (non-hydrogen) atoms. The summed E-state index contributed by atoms with van der Waals surface area (Å²) >= 11 is 0. The van der Waals surface area contributed by atoms with E-state index in [4.69, 9.17) is 4.52 Å². The molecule has 1 N–H and O–H groups in total. The van der Waals surface area contributed by atoms with Gasteiger partial charge in [0, 0.05) is 12.6 Å². The lowest BCUT2D eigenvalue weighted by Gasteiger charge is -2.22. The Morgan fingerprint density at radius 2 is 2.25 bits per heavy atom. The second kappa shape index (κ2) is 3.59. The van der Waals surface area contributed by atoms with Crippen molar-refractivity contribution in [1.82, 2.24) is 4.67 Å². The van der Waals surface area contributed by atoms with Gasteiger partial charge in [-0.05, 0) is 25.0 Å². The van der Waals surface area contributed by atoms with Gasteiger partial charge in [0.05, 0.1) is 11.9 Å². The van der Waals surface area contributed by atoms with E-state index in [1.807, 2.05) is 4.67 Å². The summed E-state index contributed by atoms with van der Waals surface area (Å²) in [5.41, 5.74) is 0. The molecule has 2 heterocycles. The van der Waals surface area contributed by atoms with Crippen LogP contribution in [0.1, 0.15) is 12.8 Å². The van der Waals surface area contributed by atoms with Crippen LogP contribution in [0.4, 0.5) is 0 Å². The van der Waals surface area contributed by atoms with Gasteiger partial charge in [0.1, 0.15) is 5.75 Å². The Morgan fingerprint density at radius 1 is 1.44 bits per heavy atom. The van der Waals surface area contributed by atoms with E-state index in [1.54, 1.807) is 24.3 Å². The van der Waals surface area contributed by atoms with E-state index in [1.165, 1.54) is 0 Å². The van der Waals surface area contributed by atoms with E-state index >= 15 is 0 Å². The third-order valence-electron chi connectivity index (χ3n) is 3.31. The number of para-hydroxylation sites is 1. The standard InChI is InChI=1S/C11H14NO3P/c13-10-5-1-2-6-11(10)16(14)12-7-3-4-9(12)8-15-16/h1-2,5-6,9,13H,3-4,7-8H2/t9-,16?/m0/s1. The zero-order chi connectivity index (χ0) is 11.2. The van der Waals surface area contributed by atoms with E-state index < -0.39 is 7.52 Å². The predicted octanol–water partition coefficient (Wildman–Crippen LogP) is 1.71. The third-order valence-corrected chi connectivity index (χ3v) is 6.00. The molecular formula is C11H14NO3P. The molecule has 3 rings (SSSR count). The summed E-state index contributed by atoms with van der Waals surface area (Å²) in [6, 6.07) is 7.02. The Morgan fingerprint density at radius 3 is 3.06 bits per heavy atom. The molecule has 0 saturated carbocycles. The molecule has 2 atom stereocenters. The van der Waals surface area contributed by atoms with Gasteiger partial charge in [0.15, 0.2) is 0 Å². The largest absolute Gasteiger partial charge is 0.507 e. The Hall–Kier alpha value is -0.830. The fraction of sp³-hybridized carbons (Fsp3) is 0.455. The molecule has 4 nitrogen and oxygen atoms in total. The number of phenols is 1. The first-order valence-corrected chi connectivity index (χ1v) is 7.10. The van der Waals surface area contributed by atoms with Crippen molar-refractivity contribution in [2.75, 3.05) is 13.2 Å². The van der Waals surface area contributed by atoms with Crippen LogP contribution in [0.5, 0.6) is 5.75 Å². The Balaban J connectivity index is 2.06. The number of phenolic OH excluding ortho intramolecular Hbond substituents is 1. The molecule has 5 heteroatoms. The molecule has 2 fully saturated rings. The smallest absolute Gasteiger partial charge is 0.306 e. The maximum absolute atomic E-state index is 12.8. The second-order valence-electron chi connectivity index (χ2n) is 4.26. The molecule has 0 bridgehead atoms. The van der Waals surface area contributed by atoms with Crippen molar-refractivity contribution in [2.24, 2.45) is 0 Å². The molecule has 0 amide bonds. The third kappa shape index (κ3) is 1.34. The molecule has 0 aromatic heterocycles. The summed E-state index contributed by atoms with van der Waals surface area (Å²) in [4.78, 5) is 0. The van der Waals surface area contributed by atoms with Gasteiger partial charge in [-0.25, -0.2) is 4.67 Å². The number of fused-ring (bicyclic) bond motifs is 1. The van der Waals surface area contributed by atoms with Gasteiger partial charge >= 0.3 is 7.52 Å².